The molecule has 2 atom stereocenters. The number of hydrogen-bond acceptors (Lipinski definition) is 4. The first-order chi connectivity index (χ1) is 17.6. The van der Waals surface area contributed by atoms with E-state index in [4.69, 9.17) is 5.73 Å². The first kappa shape index (κ1) is 24.1. The van der Waals surface area contributed by atoms with Crippen LogP contribution in [0.4, 0.5) is 0 Å². The van der Waals surface area contributed by atoms with Crippen molar-refractivity contribution in [2.24, 2.45) is 5.73 Å². The minimum atomic E-state index is -0.278. The Bertz CT molecular complexity index is 1190. The topological polar surface area (TPSA) is 69.8 Å². The van der Waals surface area contributed by atoms with Crippen LogP contribution in [0.25, 0.3) is 0 Å². The summed E-state index contributed by atoms with van der Waals surface area (Å²) in [6, 6.07) is 27.0. The van der Waals surface area contributed by atoms with Gasteiger partial charge >= 0.3 is 0 Å². The number of nitrogens with zero attached hydrogens (tertiary/aromatic N) is 2. The van der Waals surface area contributed by atoms with Crippen LogP contribution in [0.2, 0.25) is 0 Å². The lowest BCUT2D eigenvalue weighted by molar-refractivity contribution is -0.117. The normalized spacial score (nSPS) is 18.6. The number of aliphatic hydroxyl groups is 1. The van der Waals surface area contributed by atoms with Crippen LogP contribution in [0.3, 0.4) is 0 Å². The SMILES string of the molecule is NC(=O)Cc1ccc(CN2C=CN([C@@H](CO)c3ccccc3)C2c2ccccc2)cc1C1CCCC1. The van der Waals surface area contributed by atoms with E-state index in [1.54, 1.807) is 0 Å². The van der Waals surface area contributed by atoms with Gasteiger partial charge in [-0.15, -0.1) is 0 Å². The van der Waals surface area contributed by atoms with Crippen molar-refractivity contribution < 1.29 is 9.90 Å². The van der Waals surface area contributed by atoms with Crippen LogP contribution in [-0.2, 0) is 17.8 Å². The van der Waals surface area contributed by atoms with E-state index in [1.807, 2.05) is 24.3 Å². The number of nitrogens with two attached hydrogens (primary N) is 1. The summed E-state index contributed by atoms with van der Waals surface area (Å²) < 4.78 is 0. The molecule has 36 heavy (non-hydrogen) atoms. The molecule has 1 saturated carbocycles. The van der Waals surface area contributed by atoms with Gasteiger partial charge in [-0.1, -0.05) is 91.7 Å². The Morgan fingerprint density at radius 1 is 0.944 bits per heavy atom. The third-order valence-corrected chi connectivity index (χ3v) is 7.58. The van der Waals surface area contributed by atoms with Crippen molar-refractivity contribution >= 4 is 5.91 Å². The minimum absolute atomic E-state index is 0.0270. The van der Waals surface area contributed by atoms with E-state index >= 15 is 0 Å². The second-order valence-electron chi connectivity index (χ2n) is 9.97. The van der Waals surface area contributed by atoms with Crippen molar-refractivity contribution in [1.29, 1.82) is 0 Å². The van der Waals surface area contributed by atoms with Crippen molar-refractivity contribution in [2.45, 2.75) is 56.8 Å². The third kappa shape index (κ3) is 5.17. The van der Waals surface area contributed by atoms with E-state index in [1.165, 1.54) is 42.4 Å². The van der Waals surface area contributed by atoms with Crippen LogP contribution >= 0.6 is 0 Å². The van der Waals surface area contributed by atoms with Gasteiger partial charge in [0.15, 0.2) is 0 Å². The molecule has 1 aliphatic carbocycles. The van der Waals surface area contributed by atoms with E-state index < -0.39 is 0 Å². The first-order valence-corrected chi connectivity index (χ1v) is 13.0. The van der Waals surface area contributed by atoms with Gasteiger partial charge in [0.25, 0.3) is 0 Å². The highest BCUT2D eigenvalue weighted by Gasteiger charge is 2.33. The summed E-state index contributed by atoms with van der Waals surface area (Å²) in [5.74, 6) is 0.229. The molecule has 0 spiro atoms. The third-order valence-electron chi connectivity index (χ3n) is 7.58. The highest BCUT2D eigenvalue weighted by molar-refractivity contribution is 5.77. The number of primary amides is 1. The molecule has 1 fully saturated rings. The zero-order valence-electron chi connectivity index (χ0n) is 20.7. The van der Waals surface area contributed by atoms with Crippen molar-refractivity contribution in [3.05, 3.63) is 119 Å². The van der Waals surface area contributed by atoms with Crippen molar-refractivity contribution in [3.63, 3.8) is 0 Å². The quantitative estimate of drug-likeness (QED) is 0.430. The number of aliphatic hydroxyl groups excluding tert-OH is 1. The summed E-state index contributed by atoms with van der Waals surface area (Å²) >= 11 is 0. The summed E-state index contributed by atoms with van der Waals surface area (Å²) in [7, 11) is 0. The summed E-state index contributed by atoms with van der Waals surface area (Å²) in [6.45, 7) is 0.759. The molecule has 5 heteroatoms. The van der Waals surface area contributed by atoms with Crippen LogP contribution in [0.5, 0.6) is 0 Å². The van der Waals surface area contributed by atoms with Gasteiger partial charge in [-0.3, -0.25) is 4.79 Å². The maximum absolute atomic E-state index is 11.7. The fraction of sp³-hybridized carbons (Fsp3) is 0.323. The summed E-state index contributed by atoms with van der Waals surface area (Å²) in [6.07, 6.45) is 9.33. The number of benzene rings is 3. The Morgan fingerprint density at radius 3 is 2.31 bits per heavy atom. The molecule has 0 saturated heterocycles. The predicted molar refractivity (Wildman–Crippen MR) is 143 cm³/mol. The minimum Gasteiger partial charge on any atom is -0.394 e. The van der Waals surface area contributed by atoms with Crippen LogP contribution in [0.15, 0.2) is 91.3 Å². The predicted octanol–water partition coefficient (Wildman–Crippen LogP) is 5.39. The smallest absolute Gasteiger partial charge is 0.221 e. The molecule has 2 aliphatic rings. The average Bonchev–Trinajstić information content (AvgIpc) is 3.57. The van der Waals surface area contributed by atoms with Gasteiger partial charge in [0.1, 0.15) is 6.17 Å². The van der Waals surface area contributed by atoms with Crippen LogP contribution in [0.1, 0.15) is 71.6 Å². The molecule has 0 aromatic heterocycles. The molecule has 1 amide bonds. The number of carbonyl (C=O) groups is 1. The molecule has 5 rings (SSSR count). The van der Waals surface area contributed by atoms with Crippen molar-refractivity contribution in [3.8, 4) is 0 Å². The Morgan fingerprint density at radius 2 is 1.64 bits per heavy atom. The van der Waals surface area contributed by atoms with Crippen molar-refractivity contribution in [1.82, 2.24) is 9.80 Å². The Kier molecular flexibility index (Phi) is 7.38. The van der Waals surface area contributed by atoms with Crippen LogP contribution in [-0.4, -0.2) is 27.4 Å². The number of rotatable bonds is 9. The maximum atomic E-state index is 11.7. The lowest BCUT2D eigenvalue weighted by Gasteiger charge is -2.38. The standard InChI is InChI=1S/C31H35N3O2/c32-30(36)20-27-16-15-23(19-28(27)24-9-7-8-10-24)21-33-17-18-34(31(33)26-13-5-2-6-14-26)29(22-35)25-11-3-1-4-12-25/h1-6,11-19,24,29,31,35H,7-10,20-22H2,(H2,32,36)/t29-,31?/m0/s1. The molecular weight excluding hydrogens is 446 g/mol. The zero-order chi connectivity index (χ0) is 24.9. The van der Waals surface area contributed by atoms with E-state index in [-0.39, 0.29) is 24.7 Å². The molecular formula is C31H35N3O2. The van der Waals surface area contributed by atoms with Gasteiger partial charge in [-0.25, -0.2) is 0 Å². The molecule has 3 aromatic carbocycles. The van der Waals surface area contributed by atoms with Crippen LogP contribution < -0.4 is 5.73 Å². The van der Waals surface area contributed by atoms with Gasteiger partial charge in [0.2, 0.25) is 5.91 Å². The second kappa shape index (κ2) is 11.0. The monoisotopic (exact) mass is 481 g/mol. The number of carbonyl (C=O) groups excluding carboxylic acids is 1. The Balaban J connectivity index is 1.46. The number of amides is 1. The van der Waals surface area contributed by atoms with Gasteiger partial charge in [0, 0.05) is 18.9 Å². The zero-order valence-corrected chi connectivity index (χ0v) is 20.7. The Labute approximate surface area is 213 Å². The van der Waals surface area contributed by atoms with Crippen LogP contribution in [0, 0.1) is 0 Å². The number of hydrogen-bond donors (Lipinski definition) is 2. The molecule has 1 aliphatic heterocycles. The molecule has 1 heterocycles. The molecule has 0 radical (unpaired) electrons. The first-order valence-electron chi connectivity index (χ1n) is 13.0. The Hall–Kier alpha value is -3.57. The lowest BCUT2D eigenvalue weighted by Crippen LogP contribution is -2.34. The fourth-order valence-electron chi connectivity index (χ4n) is 5.87. The summed E-state index contributed by atoms with van der Waals surface area (Å²) in [5, 5.41) is 10.4. The van der Waals surface area contributed by atoms with E-state index in [0.29, 0.717) is 12.3 Å². The summed E-state index contributed by atoms with van der Waals surface area (Å²) in [4.78, 5) is 16.3. The second-order valence-corrected chi connectivity index (χ2v) is 9.97. The highest BCUT2D eigenvalue weighted by Crippen LogP contribution is 2.40. The maximum Gasteiger partial charge on any atom is 0.221 e. The van der Waals surface area contributed by atoms with Gasteiger partial charge in [0.05, 0.1) is 19.1 Å². The molecule has 1 unspecified atom stereocenters. The average molecular weight is 482 g/mol. The molecule has 3 aromatic rings. The molecule has 3 N–H and O–H groups in total. The van der Waals surface area contributed by atoms with Crippen molar-refractivity contribution in [2.75, 3.05) is 6.61 Å². The van der Waals surface area contributed by atoms with E-state index in [0.717, 1.165) is 17.7 Å². The van der Waals surface area contributed by atoms with Gasteiger partial charge in [-0.2, -0.15) is 0 Å². The van der Waals surface area contributed by atoms with E-state index in [2.05, 4.69) is 76.8 Å². The highest BCUT2D eigenvalue weighted by atomic mass is 16.3. The lowest BCUT2D eigenvalue weighted by atomic mass is 9.89. The van der Waals surface area contributed by atoms with Gasteiger partial charge in [-0.05, 0) is 46.6 Å². The molecule has 186 valence electrons. The molecule has 0 bridgehead atoms. The largest absolute Gasteiger partial charge is 0.394 e. The molecule has 5 nitrogen and oxygen atoms in total. The fourth-order valence-corrected chi connectivity index (χ4v) is 5.87. The summed E-state index contributed by atoms with van der Waals surface area (Å²) in [5.41, 5.74) is 11.4. The van der Waals surface area contributed by atoms with E-state index in [9.17, 15) is 9.90 Å². The van der Waals surface area contributed by atoms with Gasteiger partial charge < -0.3 is 20.6 Å².